The molecule has 6 atom stereocenters. The van der Waals surface area contributed by atoms with Crippen LogP contribution in [0.1, 0.15) is 59.8 Å². The summed E-state index contributed by atoms with van der Waals surface area (Å²) in [6, 6.07) is 0. The monoisotopic (exact) mass is 352 g/mol. The minimum atomic E-state index is -0.623. The molecule has 0 spiro atoms. The van der Waals surface area contributed by atoms with Gasteiger partial charge in [0.2, 0.25) is 0 Å². The standard InChI is InChI=1S/C20H32O5/c1-12(21)6-7-16-13(2)17(24)8-18-19(4,11-25-14(3)22)9-15(23)10-20(16,18)5/h15-18,23-24H,2,6-11H2,1,3-5H3. The van der Waals surface area contributed by atoms with Gasteiger partial charge in [-0.2, -0.15) is 0 Å². The molecular weight excluding hydrogens is 320 g/mol. The molecular formula is C20H32O5. The number of rotatable bonds is 5. The van der Waals surface area contributed by atoms with Gasteiger partial charge in [-0.25, -0.2) is 0 Å². The van der Waals surface area contributed by atoms with Crippen molar-refractivity contribution in [2.24, 2.45) is 22.7 Å². The third-order valence-corrected chi connectivity index (χ3v) is 6.54. The van der Waals surface area contributed by atoms with Crippen LogP contribution in [-0.4, -0.2) is 40.8 Å². The van der Waals surface area contributed by atoms with E-state index in [4.69, 9.17) is 4.74 Å². The number of ketones is 1. The van der Waals surface area contributed by atoms with Crippen molar-refractivity contribution >= 4 is 11.8 Å². The molecule has 2 rings (SSSR count). The molecule has 0 aromatic heterocycles. The van der Waals surface area contributed by atoms with E-state index in [2.05, 4.69) is 13.5 Å². The molecule has 2 N–H and O–H groups in total. The van der Waals surface area contributed by atoms with Crippen LogP contribution in [0.15, 0.2) is 12.2 Å². The van der Waals surface area contributed by atoms with E-state index in [0.29, 0.717) is 32.1 Å². The number of Topliss-reactive ketones (excluding diaryl/α,β-unsaturated/α-hetero) is 1. The molecule has 2 fully saturated rings. The van der Waals surface area contributed by atoms with Gasteiger partial charge < -0.3 is 19.7 Å². The zero-order valence-electron chi connectivity index (χ0n) is 15.9. The molecule has 0 amide bonds. The summed E-state index contributed by atoms with van der Waals surface area (Å²) < 4.78 is 5.31. The van der Waals surface area contributed by atoms with Crippen molar-refractivity contribution < 1.29 is 24.5 Å². The minimum Gasteiger partial charge on any atom is -0.465 e. The molecule has 5 nitrogen and oxygen atoms in total. The first-order chi connectivity index (χ1) is 11.5. The number of hydrogen-bond donors (Lipinski definition) is 2. The Balaban J connectivity index is 2.37. The second-order valence-electron chi connectivity index (χ2n) is 8.67. The second-order valence-corrected chi connectivity index (χ2v) is 8.67. The van der Waals surface area contributed by atoms with Gasteiger partial charge in [-0.15, -0.1) is 0 Å². The Hall–Kier alpha value is -1.20. The maximum atomic E-state index is 11.5. The zero-order valence-corrected chi connectivity index (χ0v) is 15.9. The van der Waals surface area contributed by atoms with Gasteiger partial charge in [0.15, 0.2) is 0 Å². The molecule has 2 aliphatic rings. The van der Waals surface area contributed by atoms with Crippen molar-refractivity contribution in [3.8, 4) is 0 Å². The molecule has 6 unspecified atom stereocenters. The molecule has 0 radical (unpaired) electrons. The highest BCUT2D eigenvalue weighted by molar-refractivity contribution is 5.75. The fourth-order valence-electron chi connectivity index (χ4n) is 5.46. The number of hydrogen-bond acceptors (Lipinski definition) is 5. The lowest BCUT2D eigenvalue weighted by molar-refractivity contribution is -0.167. The van der Waals surface area contributed by atoms with Crippen LogP contribution in [-0.2, 0) is 14.3 Å². The smallest absolute Gasteiger partial charge is 0.302 e. The van der Waals surface area contributed by atoms with Crippen molar-refractivity contribution in [3.05, 3.63) is 12.2 Å². The lowest BCUT2D eigenvalue weighted by Crippen LogP contribution is -2.58. The highest BCUT2D eigenvalue weighted by atomic mass is 16.5. The van der Waals surface area contributed by atoms with Crippen LogP contribution in [0.25, 0.3) is 0 Å². The second kappa shape index (κ2) is 7.20. The highest BCUT2D eigenvalue weighted by Gasteiger charge is 2.58. The average Bonchev–Trinajstić information content (AvgIpc) is 2.47. The lowest BCUT2D eigenvalue weighted by Gasteiger charge is -2.60. The predicted molar refractivity (Wildman–Crippen MR) is 94.7 cm³/mol. The highest BCUT2D eigenvalue weighted by Crippen LogP contribution is 2.62. The van der Waals surface area contributed by atoms with Gasteiger partial charge >= 0.3 is 5.97 Å². The summed E-state index contributed by atoms with van der Waals surface area (Å²) in [5.74, 6) is -0.166. The Morgan fingerprint density at radius 3 is 2.44 bits per heavy atom. The first-order valence-electron chi connectivity index (χ1n) is 9.17. The lowest BCUT2D eigenvalue weighted by atomic mass is 9.45. The molecule has 0 aliphatic heterocycles. The van der Waals surface area contributed by atoms with Crippen molar-refractivity contribution in [3.63, 3.8) is 0 Å². The first kappa shape index (κ1) is 20.1. The third kappa shape index (κ3) is 3.98. The summed E-state index contributed by atoms with van der Waals surface area (Å²) in [4.78, 5) is 22.8. The number of fused-ring (bicyclic) bond motifs is 1. The molecule has 5 heteroatoms. The van der Waals surface area contributed by atoms with Crippen molar-refractivity contribution in [1.29, 1.82) is 0 Å². The van der Waals surface area contributed by atoms with E-state index in [1.165, 1.54) is 6.92 Å². The Labute approximate surface area is 150 Å². The van der Waals surface area contributed by atoms with Gasteiger partial charge in [0.25, 0.3) is 0 Å². The number of ether oxygens (including phenoxy) is 1. The molecule has 0 heterocycles. The molecule has 0 aromatic carbocycles. The Morgan fingerprint density at radius 2 is 1.88 bits per heavy atom. The van der Waals surface area contributed by atoms with E-state index in [1.54, 1.807) is 6.92 Å². The van der Waals surface area contributed by atoms with E-state index < -0.39 is 17.6 Å². The minimum absolute atomic E-state index is 0.0308. The molecule has 142 valence electrons. The largest absolute Gasteiger partial charge is 0.465 e. The topological polar surface area (TPSA) is 83.8 Å². The van der Waals surface area contributed by atoms with Gasteiger partial charge in [-0.05, 0) is 55.4 Å². The fourth-order valence-corrected chi connectivity index (χ4v) is 5.46. The van der Waals surface area contributed by atoms with E-state index >= 15 is 0 Å². The predicted octanol–water partition coefficient (Wildman–Crippen LogP) is 2.64. The fraction of sp³-hybridized carbons (Fsp3) is 0.800. The van der Waals surface area contributed by atoms with E-state index in [1.807, 2.05) is 6.92 Å². The SMILES string of the molecule is C=C1C(O)CC2C(C)(COC(C)=O)CC(O)CC2(C)C1CCC(C)=O. The van der Waals surface area contributed by atoms with Crippen molar-refractivity contribution in [2.45, 2.75) is 72.0 Å². The van der Waals surface area contributed by atoms with Crippen molar-refractivity contribution in [1.82, 2.24) is 0 Å². The molecule has 0 saturated heterocycles. The van der Waals surface area contributed by atoms with Crippen LogP contribution < -0.4 is 0 Å². The van der Waals surface area contributed by atoms with Gasteiger partial charge in [0, 0.05) is 18.8 Å². The number of esters is 1. The van der Waals surface area contributed by atoms with E-state index in [0.717, 1.165) is 5.57 Å². The molecule has 25 heavy (non-hydrogen) atoms. The van der Waals surface area contributed by atoms with Crippen LogP contribution >= 0.6 is 0 Å². The Bertz CT molecular complexity index is 556. The maximum Gasteiger partial charge on any atom is 0.302 e. The van der Waals surface area contributed by atoms with Crippen LogP contribution in [0, 0.1) is 22.7 Å². The van der Waals surface area contributed by atoms with E-state index in [9.17, 15) is 19.8 Å². The van der Waals surface area contributed by atoms with Crippen LogP contribution in [0.4, 0.5) is 0 Å². The quantitative estimate of drug-likeness (QED) is 0.587. The summed E-state index contributed by atoms with van der Waals surface area (Å²) in [6.45, 7) is 11.5. The Morgan fingerprint density at radius 1 is 1.24 bits per heavy atom. The van der Waals surface area contributed by atoms with Crippen molar-refractivity contribution in [2.75, 3.05) is 6.61 Å². The van der Waals surface area contributed by atoms with Gasteiger partial charge in [0.05, 0.1) is 18.8 Å². The first-order valence-corrected chi connectivity index (χ1v) is 9.17. The summed E-state index contributed by atoms with van der Waals surface area (Å²) in [5.41, 5.74) is 0.0796. The molecule has 0 bridgehead atoms. The summed E-state index contributed by atoms with van der Waals surface area (Å²) in [6.07, 6.45) is 1.66. The molecule has 0 aromatic rings. The maximum absolute atomic E-state index is 11.5. The Kier molecular flexibility index (Phi) is 5.79. The van der Waals surface area contributed by atoms with Crippen LogP contribution in [0.3, 0.4) is 0 Å². The average molecular weight is 352 g/mol. The number of carbonyl (C=O) groups excluding carboxylic acids is 2. The van der Waals surface area contributed by atoms with Gasteiger partial charge in [-0.1, -0.05) is 20.4 Å². The van der Waals surface area contributed by atoms with Crippen LogP contribution in [0.2, 0.25) is 0 Å². The molecule has 2 saturated carbocycles. The van der Waals surface area contributed by atoms with Gasteiger partial charge in [0.1, 0.15) is 5.78 Å². The third-order valence-electron chi connectivity index (χ3n) is 6.54. The van der Waals surface area contributed by atoms with E-state index in [-0.39, 0.29) is 35.6 Å². The number of carbonyl (C=O) groups is 2. The zero-order chi connectivity index (χ0) is 19.0. The van der Waals surface area contributed by atoms with Crippen LogP contribution in [0.5, 0.6) is 0 Å². The normalized spacial score (nSPS) is 41.1. The molecule has 2 aliphatic carbocycles. The number of aliphatic hydroxyl groups excluding tert-OH is 2. The summed E-state index contributed by atoms with van der Waals surface area (Å²) in [5, 5.41) is 21.1. The van der Waals surface area contributed by atoms with Gasteiger partial charge in [-0.3, -0.25) is 4.79 Å². The number of aliphatic hydroxyl groups is 2. The summed E-state index contributed by atoms with van der Waals surface area (Å²) >= 11 is 0. The summed E-state index contributed by atoms with van der Waals surface area (Å²) in [7, 11) is 0.